The molecule has 9 nitrogen and oxygen atoms in total. The maximum atomic E-state index is 12.3. The van der Waals surface area contributed by atoms with E-state index in [-0.39, 0.29) is 5.91 Å². The lowest BCUT2D eigenvalue weighted by Gasteiger charge is -2.28. The molecule has 0 saturated carbocycles. The summed E-state index contributed by atoms with van der Waals surface area (Å²) in [6.07, 6.45) is 0. The van der Waals surface area contributed by atoms with E-state index in [1.54, 1.807) is 0 Å². The molecule has 1 amide bonds. The van der Waals surface area contributed by atoms with Gasteiger partial charge in [0.05, 0.1) is 18.8 Å². The first kappa shape index (κ1) is 18.1. The molecule has 0 aliphatic carbocycles. The zero-order valence-corrected chi connectivity index (χ0v) is 15.8. The highest BCUT2D eigenvalue weighted by Crippen LogP contribution is 2.21. The molecule has 0 bridgehead atoms. The van der Waals surface area contributed by atoms with E-state index < -0.39 is 0 Å². The molecule has 1 aliphatic rings. The van der Waals surface area contributed by atoms with Gasteiger partial charge in [-0.05, 0) is 27.1 Å². The number of anilines is 2. The topological polar surface area (TPSA) is 91.2 Å². The molecule has 0 unspecified atom stereocenters. The first-order valence-electron chi connectivity index (χ1n) is 8.74. The number of aryl methyl sites for hydroxylation is 1. The molecule has 0 radical (unpaired) electrons. The van der Waals surface area contributed by atoms with Crippen molar-refractivity contribution in [3.05, 3.63) is 29.2 Å². The minimum atomic E-state index is -0.129. The van der Waals surface area contributed by atoms with Crippen LogP contribution in [0.2, 0.25) is 0 Å². The number of nitrogens with one attached hydrogen (secondary N) is 2. The van der Waals surface area contributed by atoms with Crippen molar-refractivity contribution in [3.8, 4) is 0 Å². The molecule has 0 spiro atoms. The third-order valence-corrected chi connectivity index (χ3v) is 4.26. The second-order valence-electron chi connectivity index (χ2n) is 6.67. The molecule has 0 atom stereocenters. The van der Waals surface area contributed by atoms with E-state index in [9.17, 15) is 4.79 Å². The van der Waals surface area contributed by atoms with Crippen LogP contribution in [0.4, 0.5) is 11.8 Å². The molecule has 9 heteroatoms. The molecular formula is C17H26N8O. The van der Waals surface area contributed by atoms with Crippen molar-refractivity contribution in [2.75, 3.05) is 51.0 Å². The van der Waals surface area contributed by atoms with E-state index in [0.29, 0.717) is 24.7 Å². The molecule has 2 aromatic heterocycles. The van der Waals surface area contributed by atoms with Gasteiger partial charge in [0.25, 0.3) is 5.91 Å². The number of rotatable bonds is 6. The van der Waals surface area contributed by atoms with Crippen LogP contribution in [0, 0.1) is 6.92 Å². The number of carbonyl (C=O) groups is 1. The van der Waals surface area contributed by atoms with Crippen molar-refractivity contribution in [1.29, 1.82) is 0 Å². The van der Waals surface area contributed by atoms with Gasteiger partial charge in [-0.25, -0.2) is 4.98 Å². The van der Waals surface area contributed by atoms with Gasteiger partial charge in [0.15, 0.2) is 5.69 Å². The lowest BCUT2D eigenvalue weighted by molar-refractivity contribution is 0.0945. The van der Waals surface area contributed by atoms with Crippen LogP contribution in [-0.4, -0.2) is 71.3 Å². The summed E-state index contributed by atoms with van der Waals surface area (Å²) in [6, 6.07) is 3.84. The Morgan fingerprint density at radius 1 is 1.27 bits per heavy atom. The number of hydrogen-bond acceptors (Lipinski definition) is 7. The Kier molecular flexibility index (Phi) is 5.36. The Hall–Kier alpha value is -2.68. The monoisotopic (exact) mass is 358 g/mol. The second kappa shape index (κ2) is 7.69. The van der Waals surface area contributed by atoms with Crippen molar-refractivity contribution < 1.29 is 4.79 Å². The molecule has 0 fully saturated rings. The minimum absolute atomic E-state index is 0.129. The number of hydrogen-bond donors (Lipinski definition) is 2. The third kappa shape index (κ3) is 4.10. The maximum absolute atomic E-state index is 12.3. The highest BCUT2D eigenvalue weighted by atomic mass is 16.1. The van der Waals surface area contributed by atoms with Gasteiger partial charge < -0.3 is 20.4 Å². The predicted molar refractivity (Wildman–Crippen MR) is 100 cm³/mol. The first-order valence-corrected chi connectivity index (χ1v) is 8.74. The molecule has 0 saturated heterocycles. The zero-order chi connectivity index (χ0) is 18.7. The Labute approximate surface area is 153 Å². The second-order valence-corrected chi connectivity index (χ2v) is 6.67. The van der Waals surface area contributed by atoms with E-state index in [0.717, 1.165) is 36.8 Å². The predicted octanol–water partition coefficient (Wildman–Crippen LogP) is 0.335. The third-order valence-electron chi connectivity index (χ3n) is 4.26. The number of aromatic nitrogens is 4. The summed E-state index contributed by atoms with van der Waals surface area (Å²) in [4.78, 5) is 25.4. The largest absolute Gasteiger partial charge is 0.357 e. The summed E-state index contributed by atoms with van der Waals surface area (Å²) in [7, 11) is 5.76. The van der Waals surface area contributed by atoms with Crippen LogP contribution >= 0.6 is 0 Å². The molecule has 2 N–H and O–H groups in total. The molecule has 0 aromatic carbocycles. The van der Waals surface area contributed by atoms with Gasteiger partial charge in [-0.2, -0.15) is 10.1 Å². The molecule has 26 heavy (non-hydrogen) atoms. The van der Waals surface area contributed by atoms with Crippen LogP contribution in [0.15, 0.2) is 12.1 Å². The van der Waals surface area contributed by atoms with E-state index >= 15 is 0 Å². The standard InChI is InChI=1S/C17H26N8O/c1-12-9-15(21-17(18-2)20-12)24-7-8-25-13(11-24)10-14(22-25)16(26)19-5-6-23(3)4/h9-10H,5-8,11H2,1-4H3,(H,19,26)(H,18,20,21). The summed E-state index contributed by atoms with van der Waals surface area (Å²) in [6.45, 7) is 5.53. The van der Waals surface area contributed by atoms with Gasteiger partial charge >= 0.3 is 0 Å². The highest BCUT2D eigenvalue weighted by molar-refractivity contribution is 5.92. The van der Waals surface area contributed by atoms with Crippen molar-refractivity contribution >= 4 is 17.7 Å². The fourth-order valence-electron chi connectivity index (χ4n) is 2.88. The fraction of sp³-hybridized carbons (Fsp3) is 0.529. The van der Waals surface area contributed by atoms with Crippen LogP contribution in [0.3, 0.4) is 0 Å². The molecule has 140 valence electrons. The number of fused-ring (bicyclic) bond motifs is 1. The Bertz CT molecular complexity index is 785. The normalized spacial score (nSPS) is 13.7. The van der Waals surface area contributed by atoms with Gasteiger partial charge in [0.1, 0.15) is 5.82 Å². The lowest BCUT2D eigenvalue weighted by atomic mass is 10.2. The van der Waals surface area contributed by atoms with Crippen LogP contribution in [0.5, 0.6) is 0 Å². The SMILES string of the molecule is CNc1nc(C)cc(N2CCn3nc(C(=O)NCCN(C)C)cc3C2)n1. The van der Waals surface area contributed by atoms with Crippen molar-refractivity contribution in [1.82, 2.24) is 30.0 Å². The Morgan fingerprint density at radius 3 is 2.81 bits per heavy atom. The van der Waals surface area contributed by atoms with Crippen molar-refractivity contribution in [3.63, 3.8) is 0 Å². The minimum Gasteiger partial charge on any atom is -0.357 e. The summed E-state index contributed by atoms with van der Waals surface area (Å²) >= 11 is 0. The van der Waals surface area contributed by atoms with Crippen LogP contribution < -0.4 is 15.5 Å². The highest BCUT2D eigenvalue weighted by Gasteiger charge is 2.22. The number of carbonyl (C=O) groups excluding carboxylic acids is 1. The fourth-order valence-corrected chi connectivity index (χ4v) is 2.88. The van der Waals surface area contributed by atoms with Gasteiger partial charge in [-0.1, -0.05) is 0 Å². The zero-order valence-electron chi connectivity index (χ0n) is 15.8. The van der Waals surface area contributed by atoms with Crippen molar-refractivity contribution in [2.24, 2.45) is 0 Å². The van der Waals surface area contributed by atoms with E-state index in [1.807, 2.05) is 49.8 Å². The molecule has 3 rings (SSSR count). The van der Waals surface area contributed by atoms with Gasteiger partial charge in [0.2, 0.25) is 5.95 Å². The maximum Gasteiger partial charge on any atom is 0.271 e. The molecular weight excluding hydrogens is 332 g/mol. The first-order chi connectivity index (χ1) is 12.5. The number of amides is 1. The molecule has 1 aliphatic heterocycles. The van der Waals surface area contributed by atoms with E-state index in [1.165, 1.54) is 0 Å². The number of likely N-dealkylation sites (N-methyl/N-ethyl adjacent to an activating group) is 1. The van der Waals surface area contributed by atoms with Crippen LogP contribution in [0.25, 0.3) is 0 Å². The molecule has 3 heterocycles. The van der Waals surface area contributed by atoms with Gasteiger partial charge in [0, 0.05) is 38.4 Å². The molecule has 2 aromatic rings. The summed E-state index contributed by atoms with van der Waals surface area (Å²) in [5.41, 5.74) is 2.39. The van der Waals surface area contributed by atoms with Crippen LogP contribution in [0.1, 0.15) is 21.9 Å². The Balaban J connectivity index is 1.70. The van der Waals surface area contributed by atoms with E-state index in [4.69, 9.17) is 0 Å². The summed E-state index contributed by atoms with van der Waals surface area (Å²) < 4.78 is 1.91. The van der Waals surface area contributed by atoms with Crippen LogP contribution in [-0.2, 0) is 13.1 Å². The lowest BCUT2D eigenvalue weighted by Crippen LogP contribution is -2.34. The Morgan fingerprint density at radius 2 is 2.08 bits per heavy atom. The van der Waals surface area contributed by atoms with Crippen molar-refractivity contribution in [2.45, 2.75) is 20.0 Å². The average molecular weight is 358 g/mol. The van der Waals surface area contributed by atoms with Gasteiger partial charge in [-0.3, -0.25) is 9.48 Å². The van der Waals surface area contributed by atoms with E-state index in [2.05, 4.69) is 30.6 Å². The average Bonchev–Trinajstić information content (AvgIpc) is 3.04. The quantitative estimate of drug-likeness (QED) is 0.769. The smallest absolute Gasteiger partial charge is 0.271 e. The number of nitrogens with zero attached hydrogens (tertiary/aromatic N) is 6. The summed E-state index contributed by atoms with van der Waals surface area (Å²) in [5, 5.41) is 10.3. The summed E-state index contributed by atoms with van der Waals surface area (Å²) in [5.74, 6) is 1.36. The van der Waals surface area contributed by atoms with Gasteiger partial charge in [-0.15, -0.1) is 0 Å².